The zero-order valence-electron chi connectivity index (χ0n) is 7.59. The molecule has 0 amide bonds. The van der Waals surface area contributed by atoms with Crippen molar-refractivity contribution >= 4 is 11.6 Å². The second-order valence-electron chi connectivity index (χ2n) is 2.68. The monoisotopic (exact) mass is 240 g/mol. The SMILES string of the molecule is FC(F)(F)CCOc1nccc(CCl)n1. The highest BCUT2D eigenvalue weighted by Crippen LogP contribution is 2.19. The van der Waals surface area contributed by atoms with Crippen molar-refractivity contribution < 1.29 is 17.9 Å². The van der Waals surface area contributed by atoms with Crippen LogP contribution < -0.4 is 4.74 Å². The van der Waals surface area contributed by atoms with E-state index in [2.05, 4.69) is 9.97 Å². The van der Waals surface area contributed by atoms with Gasteiger partial charge < -0.3 is 4.74 Å². The minimum atomic E-state index is -4.23. The fourth-order valence-corrected chi connectivity index (χ4v) is 0.927. The van der Waals surface area contributed by atoms with Crippen LogP contribution in [0.1, 0.15) is 12.1 Å². The molecule has 0 spiro atoms. The summed E-state index contributed by atoms with van der Waals surface area (Å²) in [7, 11) is 0. The Morgan fingerprint density at radius 3 is 2.73 bits per heavy atom. The summed E-state index contributed by atoms with van der Waals surface area (Å²) in [5, 5.41) is 0. The van der Waals surface area contributed by atoms with Gasteiger partial charge in [-0.05, 0) is 6.07 Å². The molecule has 1 heterocycles. The van der Waals surface area contributed by atoms with Gasteiger partial charge in [0.05, 0.1) is 18.0 Å². The first-order valence-electron chi connectivity index (χ1n) is 4.09. The first-order valence-corrected chi connectivity index (χ1v) is 4.62. The molecular weight excluding hydrogens is 233 g/mol. The third-order valence-electron chi connectivity index (χ3n) is 1.44. The van der Waals surface area contributed by atoms with Gasteiger partial charge in [0.15, 0.2) is 0 Å². The Morgan fingerprint density at radius 2 is 2.13 bits per heavy atom. The fraction of sp³-hybridized carbons (Fsp3) is 0.500. The first kappa shape index (κ1) is 12.0. The number of halogens is 4. The van der Waals surface area contributed by atoms with E-state index in [1.54, 1.807) is 6.07 Å². The minimum absolute atomic E-state index is 0.0857. The van der Waals surface area contributed by atoms with Crippen molar-refractivity contribution in [2.24, 2.45) is 0 Å². The van der Waals surface area contributed by atoms with E-state index in [1.165, 1.54) is 6.20 Å². The Hall–Kier alpha value is -1.04. The standard InChI is InChI=1S/C8H8ClF3N2O/c9-5-6-1-3-13-7(14-6)15-4-2-8(10,11)12/h1,3H,2,4-5H2. The molecule has 0 aliphatic carbocycles. The van der Waals surface area contributed by atoms with Crippen molar-refractivity contribution in [3.8, 4) is 6.01 Å². The molecule has 0 aliphatic heterocycles. The van der Waals surface area contributed by atoms with Gasteiger partial charge >= 0.3 is 12.2 Å². The lowest BCUT2D eigenvalue weighted by atomic mass is 10.4. The molecule has 1 rings (SSSR count). The molecule has 0 saturated heterocycles. The average molecular weight is 241 g/mol. The fourth-order valence-electron chi connectivity index (χ4n) is 0.778. The van der Waals surface area contributed by atoms with Gasteiger partial charge in [-0.2, -0.15) is 18.2 Å². The molecule has 1 aromatic heterocycles. The van der Waals surface area contributed by atoms with Crippen molar-refractivity contribution in [3.05, 3.63) is 18.0 Å². The van der Waals surface area contributed by atoms with Crippen LogP contribution in [0.5, 0.6) is 6.01 Å². The average Bonchev–Trinajstić information content (AvgIpc) is 2.16. The Morgan fingerprint density at radius 1 is 1.40 bits per heavy atom. The maximum Gasteiger partial charge on any atom is 0.392 e. The number of hydrogen-bond donors (Lipinski definition) is 0. The molecule has 3 nitrogen and oxygen atoms in total. The van der Waals surface area contributed by atoms with E-state index in [1.807, 2.05) is 0 Å². The van der Waals surface area contributed by atoms with Gasteiger partial charge in [-0.3, -0.25) is 0 Å². The number of hydrogen-bond acceptors (Lipinski definition) is 3. The number of rotatable bonds is 4. The van der Waals surface area contributed by atoms with Crippen LogP contribution in [-0.4, -0.2) is 22.8 Å². The van der Waals surface area contributed by atoms with Gasteiger partial charge in [0.1, 0.15) is 6.61 Å². The van der Waals surface area contributed by atoms with Crippen molar-refractivity contribution in [2.75, 3.05) is 6.61 Å². The van der Waals surface area contributed by atoms with Gasteiger partial charge in [0.2, 0.25) is 0 Å². The maximum absolute atomic E-state index is 11.8. The molecule has 0 atom stereocenters. The highest BCUT2D eigenvalue weighted by atomic mass is 35.5. The zero-order chi connectivity index (χ0) is 11.3. The van der Waals surface area contributed by atoms with Crippen molar-refractivity contribution in [1.29, 1.82) is 0 Å². The number of nitrogens with zero attached hydrogens (tertiary/aromatic N) is 2. The molecular formula is C8H8ClF3N2O. The quantitative estimate of drug-likeness (QED) is 0.759. The zero-order valence-corrected chi connectivity index (χ0v) is 8.35. The van der Waals surface area contributed by atoms with E-state index in [-0.39, 0.29) is 11.9 Å². The van der Waals surface area contributed by atoms with E-state index in [0.29, 0.717) is 5.69 Å². The van der Waals surface area contributed by atoms with Crippen LogP contribution in [-0.2, 0) is 5.88 Å². The summed E-state index contributed by atoms with van der Waals surface area (Å²) in [4.78, 5) is 7.43. The minimum Gasteiger partial charge on any atom is -0.463 e. The highest BCUT2D eigenvalue weighted by Gasteiger charge is 2.26. The predicted octanol–water partition coefficient (Wildman–Crippen LogP) is 2.55. The van der Waals surface area contributed by atoms with Gasteiger partial charge in [0, 0.05) is 6.20 Å². The van der Waals surface area contributed by atoms with Crippen LogP contribution in [0, 0.1) is 0 Å². The lowest BCUT2D eigenvalue weighted by Crippen LogP contribution is -2.14. The van der Waals surface area contributed by atoms with E-state index >= 15 is 0 Å². The summed E-state index contributed by atoms with van der Waals surface area (Å²) in [5.41, 5.74) is 0.508. The molecule has 0 bridgehead atoms. The molecule has 0 fully saturated rings. The van der Waals surface area contributed by atoms with Crippen LogP contribution in [0.25, 0.3) is 0 Å². The van der Waals surface area contributed by atoms with Crippen LogP contribution in [0.3, 0.4) is 0 Å². The second-order valence-corrected chi connectivity index (χ2v) is 2.95. The summed E-state index contributed by atoms with van der Waals surface area (Å²) >= 11 is 5.48. The molecule has 0 aromatic carbocycles. The largest absolute Gasteiger partial charge is 0.463 e. The van der Waals surface area contributed by atoms with Crippen LogP contribution in [0.4, 0.5) is 13.2 Å². The van der Waals surface area contributed by atoms with Crippen LogP contribution in [0.15, 0.2) is 12.3 Å². The molecule has 0 radical (unpaired) electrons. The van der Waals surface area contributed by atoms with Crippen molar-refractivity contribution in [1.82, 2.24) is 9.97 Å². The lowest BCUT2D eigenvalue weighted by molar-refractivity contribution is -0.139. The van der Waals surface area contributed by atoms with Gasteiger partial charge in [-0.15, -0.1) is 11.6 Å². The molecule has 0 unspecified atom stereocenters. The lowest BCUT2D eigenvalue weighted by Gasteiger charge is -2.07. The van der Waals surface area contributed by atoms with Crippen molar-refractivity contribution in [3.63, 3.8) is 0 Å². The summed E-state index contributed by atoms with van der Waals surface area (Å²) < 4.78 is 40.0. The molecule has 84 valence electrons. The van der Waals surface area contributed by atoms with E-state index in [0.717, 1.165) is 0 Å². The number of aromatic nitrogens is 2. The van der Waals surface area contributed by atoms with Gasteiger partial charge in [-0.1, -0.05) is 0 Å². The Balaban J connectivity index is 2.44. The number of alkyl halides is 4. The third kappa shape index (κ3) is 4.83. The Bertz CT molecular complexity index is 319. The smallest absolute Gasteiger partial charge is 0.392 e. The highest BCUT2D eigenvalue weighted by molar-refractivity contribution is 6.16. The summed E-state index contributed by atoms with van der Waals surface area (Å²) in [6, 6.07) is 1.47. The molecule has 0 N–H and O–H groups in total. The maximum atomic E-state index is 11.8. The van der Waals surface area contributed by atoms with Gasteiger partial charge in [0.25, 0.3) is 0 Å². The Labute approximate surface area is 89.2 Å². The second kappa shape index (κ2) is 5.16. The summed E-state index contributed by atoms with van der Waals surface area (Å²) in [6.07, 6.45) is -3.88. The molecule has 0 aliphatic rings. The number of ether oxygens (including phenoxy) is 1. The van der Waals surface area contributed by atoms with Gasteiger partial charge in [-0.25, -0.2) is 4.98 Å². The topological polar surface area (TPSA) is 35.0 Å². The summed E-state index contributed by atoms with van der Waals surface area (Å²) in [6.45, 7) is -0.491. The van der Waals surface area contributed by atoms with E-state index < -0.39 is 19.2 Å². The van der Waals surface area contributed by atoms with E-state index in [4.69, 9.17) is 16.3 Å². The Kier molecular flexibility index (Phi) is 4.14. The van der Waals surface area contributed by atoms with Crippen LogP contribution in [0.2, 0.25) is 0 Å². The third-order valence-corrected chi connectivity index (χ3v) is 1.72. The normalized spacial score (nSPS) is 11.5. The molecule has 15 heavy (non-hydrogen) atoms. The predicted molar refractivity (Wildman–Crippen MR) is 47.8 cm³/mol. The molecule has 1 aromatic rings. The first-order chi connectivity index (χ1) is 7.01. The van der Waals surface area contributed by atoms with Crippen LogP contribution >= 0.6 is 11.6 Å². The molecule has 0 saturated carbocycles. The summed E-state index contributed by atoms with van der Waals surface area (Å²) in [5.74, 6) is 0.165. The molecule has 7 heteroatoms. The van der Waals surface area contributed by atoms with E-state index in [9.17, 15) is 13.2 Å². The van der Waals surface area contributed by atoms with Crippen molar-refractivity contribution in [2.45, 2.75) is 18.5 Å².